The molecule has 0 aliphatic rings. The second-order valence-electron chi connectivity index (χ2n) is 6.46. The van der Waals surface area contributed by atoms with Crippen molar-refractivity contribution in [3.8, 4) is 5.75 Å². The van der Waals surface area contributed by atoms with Crippen molar-refractivity contribution >= 4 is 28.9 Å². The molecule has 138 valence electrons. The van der Waals surface area contributed by atoms with E-state index in [1.54, 1.807) is 0 Å². The minimum Gasteiger partial charge on any atom is -0.483 e. The lowest BCUT2D eigenvalue weighted by Gasteiger charge is -2.17. The molecule has 2 N–H and O–H groups in total. The highest BCUT2D eigenvalue weighted by atomic mass is 32.1. The topological polar surface area (TPSA) is 50.4 Å². The number of rotatable bonds is 6. The van der Waals surface area contributed by atoms with Crippen LogP contribution < -0.4 is 15.4 Å². The average molecular weight is 371 g/mol. The lowest BCUT2D eigenvalue weighted by Crippen LogP contribution is -2.37. The highest BCUT2D eigenvalue weighted by molar-refractivity contribution is 7.80. The lowest BCUT2D eigenvalue weighted by molar-refractivity contribution is -0.121. The van der Waals surface area contributed by atoms with E-state index in [-0.39, 0.29) is 17.6 Å². The quantitative estimate of drug-likeness (QED) is 0.723. The SMILES string of the molecule is CC[C@H](C)c1ccccc1NC(=S)NC(=O)COc1ccc(C)cc1C. The molecule has 0 aliphatic carbocycles. The number of benzene rings is 2. The van der Waals surface area contributed by atoms with E-state index in [0.717, 1.165) is 23.2 Å². The number of para-hydroxylation sites is 1. The molecule has 0 spiro atoms. The molecule has 26 heavy (non-hydrogen) atoms. The van der Waals surface area contributed by atoms with E-state index in [2.05, 4.69) is 30.5 Å². The van der Waals surface area contributed by atoms with Gasteiger partial charge in [-0.1, -0.05) is 49.7 Å². The molecule has 0 bridgehead atoms. The molecular weight excluding hydrogens is 344 g/mol. The van der Waals surface area contributed by atoms with Crippen LogP contribution in [0.2, 0.25) is 0 Å². The molecule has 2 rings (SSSR count). The van der Waals surface area contributed by atoms with Gasteiger partial charge in [0.05, 0.1) is 0 Å². The van der Waals surface area contributed by atoms with Gasteiger partial charge in [0.1, 0.15) is 5.75 Å². The van der Waals surface area contributed by atoms with Gasteiger partial charge in [-0.2, -0.15) is 0 Å². The molecular formula is C21H26N2O2S. The summed E-state index contributed by atoms with van der Waals surface area (Å²) in [6, 6.07) is 13.8. The van der Waals surface area contributed by atoms with Crippen molar-refractivity contribution in [3.63, 3.8) is 0 Å². The molecule has 0 saturated carbocycles. The highest BCUT2D eigenvalue weighted by Gasteiger charge is 2.11. The van der Waals surface area contributed by atoms with E-state index >= 15 is 0 Å². The van der Waals surface area contributed by atoms with Gasteiger partial charge in [-0.15, -0.1) is 0 Å². The molecule has 4 nitrogen and oxygen atoms in total. The van der Waals surface area contributed by atoms with Crippen molar-refractivity contribution < 1.29 is 9.53 Å². The molecule has 0 saturated heterocycles. The third-order valence-corrected chi connectivity index (χ3v) is 4.50. The van der Waals surface area contributed by atoms with Crippen molar-refractivity contribution in [1.82, 2.24) is 5.32 Å². The molecule has 0 fully saturated rings. The molecule has 2 aromatic rings. The minimum atomic E-state index is -0.288. The predicted octanol–water partition coefficient (Wildman–Crippen LogP) is 4.71. The summed E-state index contributed by atoms with van der Waals surface area (Å²) >= 11 is 5.27. The standard InChI is InChI=1S/C21H26N2O2S/c1-5-15(3)17-8-6-7-9-18(17)22-21(26)23-20(24)13-25-19-11-10-14(2)12-16(19)4/h6-12,15H,5,13H2,1-4H3,(H2,22,23,24,26)/t15-/m0/s1. The van der Waals surface area contributed by atoms with Crippen LogP contribution >= 0.6 is 12.2 Å². The van der Waals surface area contributed by atoms with Crippen LogP contribution in [0.3, 0.4) is 0 Å². The second kappa shape index (κ2) is 9.34. The second-order valence-corrected chi connectivity index (χ2v) is 6.86. The van der Waals surface area contributed by atoms with Crippen LogP contribution in [0.5, 0.6) is 5.75 Å². The van der Waals surface area contributed by atoms with Gasteiger partial charge in [-0.3, -0.25) is 10.1 Å². The van der Waals surface area contributed by atoms with Gasteiger partial charge in [-0.25, -0.2) is 0 Å². The van der Waals surface area contributed by atoms with E-state index in [4.69, 9.17) is 17.0 Å². The molecule has 1 amide bonds. The number of amides is 1. The van der Waals surface area contributed by atoms with E-state index in [0.29, 0.717) is 11.7 Å². The number of carbonyl (C=O) groups is 1. The molecule has 0 aromatic heterocycles. The third kappa shape index (κ3) is 5.56. The Morgan fingerprint density at radius 3 is 2.62 bits per heavy atom. The largest absolute Gasteiger partial charge is 0.483 e. The highest BCUT2D eigenvalue weighted by Crippen LogP contribution is 2.26. The minimum absolute atomic E-state index is 0.0846. The van der Waals surface area contributed by atoms with Crippen molar-refractivity contribution in [2.24, 2.45) is 0 Å². The number of carbonyl (C=O) groups excluding carboxylic acids is 1. The van der Waals surface area contributed by atoms with Gasteiger partial charge in [0.25, 0.3) is 5.91 Å². The van der Waals surface area contributed by atoms with Crippen molar-refractivity contribution in [2.75, 3.05) is 11.9 Å². The van der Waals surface area contributed by atoms with Gasteiger partial charge < -0.3 is 10.1 Å². The summed E-state index contributed by atoms with van der Waals surface area (Å²) in [6.07, 6.45) is 1.03. The fourth-order valence-electron chi connectivity index (χ4n) is 2.68. The first-order valence-electron chi connectivity index (χ1n) is 8.80. The Kier molecular flexibility index (Phi) is 7.16. The van der Waals surface area contributed by atoms with Crippen LogP contribution in [0, 0.1) is 13.8 Å². The number of hydrogen-bond donors (Lipinski definition) is 2. The van der Waals surface area contributed by atoms with Crippen LogP contribution in [0.1, 0.15) is 42.9 Å². The number of aryl methyl sites for hydroxylation is 2. The molecule has 2 aromatic carbocycles. The Balaban J connectivity index is 1.91. The molecule has 0 aliphatic heterocycles. The maximum absolute atomic E-state index is 12.1. The number of hydrogen-bond acceptors (Lipinski definition) is 3. The Morgan fingerprint density at radius 2 is 1.92 bits per heavy atom. The lowest BCUT2D eigenvalue weighted by atomic mass is 9.97. The normalized spacial score (nSPS) is 11.5. The maximum Gasteiger partial charge on any atom is 0.264 e. The molecule has 1 atom stereocenters. The van der Waals surface area contributed by atoms with Crippen molar-refractivity contribution in [1.29, 1.82) is 0 Å². The van der Waals surface area contributed by atoms with Crippen molar-refractivity contribution in [3.05, 3.63) is 59.2 Å². The number of ether oxygens (including phenoxy) is 1. The molecule has 5 heteroatoms. The van der Waals surface area contributed by atoms with Crippen LogP contribution in [0.25, 0.3) is 0 Å². The first-order valence-corrected chi connectivity index (χ1v) is 9.21. The number of thiocarbonyl (C=S) groups is 1. The molecule has 0 radical (unpaired) electrons. The van der Waals surface area contributed by atoms with E-state index < -0.39 is 0 Å². The van der Waals surface area contributed by atoms with Crippen LogP contribution in [-0.2, 0) is 4.79 Å². The summed E-state index contributed by atoms with van der Waals surface area (Å²) in [6.45, 7) is 8.20. The van der Waals surface area contributed by atoms with E-state index in [1.807, 2.05) is 50.2 Å². The molecule has 0 unspecified atom stereocenters. The summed E-state index contributed by atoms with van der Waals surface area (Å²) in [4.78, 5) is 12.1. The summed E-state index contributed by atoms with van der Waals surface area (Å²) in [5, 5.41) is 6.06. The van der Waals surface area contributed by atoms with Gasteiger partial charge in [0.2, 0.25) is 0 Å². The maximum atomic E-state index is 12.1. The Hall–Kier alpha value is -2.40. The smallest absolute Gasteiger partial charge is 0.264 e. The monoisotopic (exact) mass is 370 g/mol. The zero-order valence-corrected chi connectivity index (χ0v) is 16.6. The van der Waals surface area contributed by atoms with Crippen LogP contribution in [0.15, 0.2) is 42.5 Å². The Morgan fingerprint density at radius 1 is 1.19 bits per heavy atom. The zero-order chi connectivity index (χ0) is 19.1. The van der Waals surface area contributed by atoms with Gasteiger partial charge in [0.15, 0.2) is 11.7 Å². The fourth-order valence-corrected chi connectivity index (χ4v) is 2.91. The predicted molar refractivity (Wildman–Crippen MR) is 111 cm³/mol. The number of nitrogens with one attached hydrogen (secondary N) is 2. The van der Waals surface area contributed by atoms with Gasteiger partial charge in [-0.05, 0) is 61.7 Å². The average Bonchev–Trinajstić information content (AvgIpc) is 2.60. The first-order chi connectivity index (χ1) is 12.4. The summed E-state index contributed by atoms with van der Waals surface area (Å²) < 4.78 is 5.58. The van der Waals surface area contributed by atoms with Gasteiger partial charge >= 0.3 is 0 Å². The van der Waals surface area contributed by atoms with E-state index in [1.165, 1.54) is 5.56 Å². The summed E-state index contributed by atoms with van der Waals surface area (Å²) in [5.74, 6) is 0.820. The zero-order valence-electron chi connectivity index (χ0n) is 15.8. The van der Waals surface area contributed by atoms with E-state index in [9.17, 15) is 4.79 Å². The fraction of sp³-hybridized carbons (Fsp3) is 0.333. The Bertz CT molecular complexity index is 789. The summed E-state index contributed by atoms with van der Waals surface area (Å²) in [7, 11) is 0. The molecule has 0 heterocycles. The van der Waals surface area contributed by atoms with Crippen LogP contribution in [0.4, 0.5) is 5.69 Å². The van der Waals surface area contributed by atoms with Crippen molar-refractivity contribution in [2.45, 2.75) is 40.0 Å². The first kappa shape index (κ1) is 19.9. The Labute approximate surface area is 161 Å². The summed E-state index contributed by atoms with van der Waals surface area (Å²) in [5.41, 5.74) is 4.26. The number of anilines is 1. The van der Waals surface area contributed by atoms with Gasteiger partial charge in [0, 0.05) is 5.69 Å². The third-order valence-electron chi connectivity index (χ3n) is 4.29. The van der Waals surface area contributed by atoms with Crippen LogP contribution in [-0.4, -0.2) is 17.6 Å².